The summed E-state index contributed by atoms with van der Waals surface area (Å²) in [6.07, 6.45) is -3.98. The van der Waals surface area contributed by atoms with Crippen molar-refractivity contribution in [3.63, 3.8) is 0 Å². The standard InChI is InChI=1S/C19H23F3O3/c1-12(2)17-10-15(8-9-16(17)18(23)19(20,21)22)25-11-13-4-6-14(24-3)7-5-13/h4-7,15-17H,1,8-11H2,2-3H3. The zero-order valence-electron chi connectivity index (χ0n) is 14.4. The molecule has 3 unspecified atom stereocenters. The van der Waals surface area contributed by atoms with Crippen LogP contribution in [-0.2, 0) is 16.1 Å². The van der Waals surface area contributed by atoms with Crippen LogP contribution in [0.25, 0.3) is 0 Å². The fourth-order valence-corrected chi connectivity index (χ4v) is 3.29. The Balaban J connectivity index is 1.96. The van der Waals surface area contributed by atoms with Crippen LogP contribution in [0.5, 0.6) is 5.75 Å². The minimum atomic E-state index is -4.80. The number of rotatable bonds is 6. The summed E-state index contributed by atoms with van der Waals surface area (Å²) >= 11 is 0. The number of ether oxygens (including phenoxy) is 2. The van der Waals surface area contributed by atoms with Crippen molar-refractivity contribution >= 4 is 5.78 Å². The maximum atomic E-state index is 12.8. The van der Waals surface area contributed by atoms with Crippen molar-refractivity contribution in [3.8, 4) is 5.75 Å². The van der Waals surface area contributed by atoms with E-state index in [9.17, 15) is 18.0 Å². The summed E-state index contributed by atoms with van der Waals surface area (Å²) in [5, 5.41) is 0. The second-order valence-electron chi connectivity index (χ2n) is 6.52. The zero-order chi connectivity index (χ0) is 18.6. The van der Waals surface area contributed by atoms with Gasteiger partial charge in [0, 0.05) is 5.92 Å². The van der Waals surface area contributed by atoms with Gasteiger partial charge in [-0.2, -0.15) is 13.2 Å². The number of alkyl halides is 3. The zero-order valence-corrected chi connectivity index (χ0v) is 14.4. The van der Waals surface area contributed by atoms with E-state index in [4.69, 9.17) is 9.47 Å². The number of carbonyl (C=O) groups is 1. The highest BCUT2D eigenvalue weighted by Crippen LogP contribution is 2.39. The van der Waals surface area contributed by atoms with Gasteiger partial charge in [-0.3, -0.25) is 4.79 Å². The highest BCUT2D eigenvalue weighted by Gasteiger charge is 2.47. The van der Waals surface area contributed by atoms with Crippen LogP contribution in [-0.4, -0.2) is 25.2 Å². The Morgan fingerprint density at radius 1 is 1.20 bits per heavy atom. The van der Waals surface area contributed by atoms with Gasteiger partial charge in [-0.1, -0.05) is 24.3 Å². The van der Waals surface area contributed by atoms with Crippen LogP contribution in [0.2, 0.25) is 0 Å². The van der Waals surface area contributed by atoms with Gasteiger partial charge in [-0.15, -0.1) is 0 Å². The number of carbonyl (C=O) groups excluding carboxylic acids is 1. The average Bonchev–Trinajstić information content (AvgIpc) is 2.58. The van der Waals surface area contributed by atoms with Gasteiger partial charge in [0.2, 0.25) is 5.78 Å². The summed E-state index contributed by atoms with van der Waals surface area (Å²) in [6, 6.07) is 7.42. The minimum absolute atomic E-state index is 0.170. The maximum Gasteiger partial charge on any atom is 0.450 e. The normalized spacial score (nSPS) is 24.0. The van der Waals surface area contributed by atoms with Gasteiger partial charge < -0.3 is 9.47 Å². The van der Waals surface area contributed by atoms with Gasteiger partial charge in [-0.05, 0) is 49.8 Å². The molecule has 0 spiro atoms. The number of allylic oxidation sites excluding steroid dienone is 1. The molecule has 0 heterocycles. The Bertz CT molecular complexity index is 607. The predicted molar refractivity (Wildman–Crippen MR) is 88.3 cm³/mol. The van der Waals surface area contributed by atoms with Crippen molar-refractivity contribution in [2.45, 2.75) is 45.1 Å². The molecule has 1 aliphatic carbocycles. The van der Waals surface area contributed by atoms with E-state index in [1.54, 1.807) is 14.0 Å². The van der Waals surface area contributed by atoms with Crippen LogP contribution < -0.4 is 4.74 Å². The van der Waals surface area contributed by atoms with Gasteiger partial charge in [-0.25, -0.2) is 0 Å². The molecule has 0 saturated heterocycles. The number of ketones is 1. The molecule has 6 heteroatoms. The molecule has 3 atom stereocenters. The molecule has 0 amide bonds. The van der Waals surface area contributed by atoms with E-state index < -0.39 is 23.8 Å². The van der Waals surface area contributed by atoms with Crippen molar-refractivity contribution in [1.82, 2.24) is 0 Å². The van der Waals surface area contributed by atoms with Gasteiger partial charge in [0.1, 0.15) is 5.75 Å². The van der Waals surface area contributed by atoms with E-state index in [-0.39, 0.29) is 12.5 Å². The lowest BCUT2D eigenvalue weighted by atomic mass is 9.72. The Hall–Kier alpha value is -1.82. The fraction of sp³-hybridized carbons (Fsp3) is 0.526. The first-order chi connectivity index (χ1) is 11.7. The Labute approximate surface area is 145 Å². The molecule has 0 bridgehead atoms. The van der Waals surface area contributed by atoms with E-state index in [0.717, 1.165) is 11.3 Å². The highest BCUT2D eigenvalue weighted by atomic mass is 19.4. The summed E-state index contributed by atoms with van der Waals surface area (Å²) in [4.78, 5) is 11.7. The van der Waals surface area contributed by atoms with Crippen molar-refractivity contribution < 1.29 is 27.4 Å². The molecule has 1 fully saturated rings. The smallest absolute Gasteiger partial charge is 0.450 e. The van der Waals surface area contributed by atoms with E-state index in [0.29, 0.717) is 25.0 Å². The Morgan fingerprint density at radius 2 is 1.84 bits per heavy atom. The summed E-state index contributed by atoms with van der Waals surface area (Å²) < 4.78 is 49.3. The first-order valence-electron chi connectivity index (χ1n) is 8.23. The number of methoxy groups -OCH3 is 1. The van der Waals surface area contributed by atoms with Gasteiger partial charge in [0.25, 0.3) is 0 Å². The summed E-state index contributed by atoms with van der Waals surface area (Å²) in [5.74, 6) is -2.44. The van der Waals surface area contributed by atoms with Crippen molar-refractivity contribution in [2.24, 2.45) is 11.8 Å². The number of Topliss-reactive ketones (excluding diaryl/α,β-unsaturated/α-hetero) is 1. The van der Waals surface area contributed by atoms with Crippen molar-refractivity contribution in [3.05, 3.63) is 42.0 Å². The molecule has 25 heavy (non-hydrogen) atoms. The molecular weight excluding hydrogens is 333 g/mol. The second-order valence-corrected chi connectivity index (χ2v) is 6.52. The molecule has 3 nitrogen and oxygen atoms in total. The van der Waals surface area contributed by atoms with Crippen LogP contribution >= 0.6 is 0 Å². The largest absolute Gasteiger partial charge is 0.497 e. The first-order valence-corrected chi connectivity index (χ1v) is 8.23. The first kappa shape index (κ1) is 19.5. The topological polar surface area (TPSA) is 35.5 Å². The third-order valence-corrected chi connectivity index (χ3v) is 4.70. The predicted octanol–water partition coefficient (Wildman–Crippen LogP) is 4.70. The number of benzene rings is 1. The molecule has 1 saturated carbocycles. The average molecular weight is 356 g/mol. The van der Waals surface area contributed by atoms with Crippen LogP contribution in [0, 0.1) is 11.8 Å². The van der Waals surface area contributed by atoms with Crippen LogP contribution in [0.4, 0.5) is 13.2 Å². The number of halogens is 3. The molecule has 0 aliphatic heterocycles. The van der Waals surface area contributed by atoms with Gasteiger partial charge in [0.05, 0.1) is 19.8 Å². The van der Waals surface area contributed by atoms with E-state index in [2.05, 4.69) is 6.58 Å². The number of hydrogen-bond acceptors (Lipinski definition) is 3. The quantitative estimate of drug-likeness (QED) is 0.693. The molecule has 1 aromatic carbocycles. The summed E-state index contributed by atoms with van der Waals surface area (Å²) in [6.45, 7) is 5.82. The van der Waals surface area contributed by atoms with Gasteiger partial charge in [0.15, 0.2) is 0 Å². The SMILES string of the molecule is C=C(C)C1CC(OCc2ccc(OC)cc2)CCC1C(=O)C(F)(F)F. The fourth-order valence-electron chi connectivity index (χ4n) is 3.29. The minimum Gasteiger partial charge on any atom is -0.497 e. The Morgan fingerprint density at radius 3 is 2.36 bits per heavy atom. The van der Waals surface area contributed by atoms with E-state index in [1.807, 2.05) is 24.3 Å². The molecule has 0 N–H and O–H groups in total. The van der Waals surface area contributed by atoms with Crippen LogP contribution in [0.3, 0.4) is 0 Å². The molecule has 0 aromatic heterocycles. The molecule has 1 aromatic rings. The molecular formula is C19H23F3O3. The van der Waals surface area contributed by atoms with Crippen LogP contribution in [0.1, 0.15) is 31.7 Å². The van der Waals surface area contributed by atoms with Crippen molar-refractivity contribution in [1.29, 1.82) is 0 Å². The molecule has 138 valence electrons. The second kappa shape index (κ2) is 8.04. The van der Waals surface area contributed by atoms with Crippen molar-refractivity contribution in [2.75, 3.05) is 7.11 Å². The maximum absolute atomic E-state index is 12.8. The summed E-state index contributed by atoms with van der Waals surface area (Å²) in [5.41, 5.74) is 1.56. The Kier molecular flexibility index (Phi) is 6.27. The monoisotopic (exact) mass is 356 g/mol. The molecule has 2 rings (SSSR count). The third-order valence-electron chi connectivity index (χ3n) is 4.70. The van der Waals surface area contributed by atoms with Gasteiger partial charge >= 0.3 is 6.18 Å². The lowest BCUT2D eigenvalue weighted by Gasteiger charge is -2.36. The van der Waals surface area contributed by atoms with E-state index in [1.165, 1.54) is 0 Å². The van der Waals surface area contributed by atoms with E-state index >= 15 is 0 Å². The third kappa shape index (κ3) is 5.08. The number of hydrogen-bond donors (Lipinski definition) is 0. The lowest BCUT2D eigenvalue weighted by Crippen LogP contribution is -2.40. The molecule has 1 aliphatic rings. The van der Waals surface area contributed by atoms with Crippen LogP contribution in [0.15, 0.2) is 36.4 Å². The molecule has 0 radical (unpaired) electrons. The lowest BCUT2D eigenvalue weighted by molar-refractivity contribution is -0.179. The highest BCUT2D eigenvalue weighted by molar-refractivity contribution is 5.87. The summed E-state index contributed by atoms with van der Waals surface area (Å²) in [7, 11) is 1.59.